The number of aryl methyl sites for hydroxylation is 1. The number of nitrogens with zero attached hydrogens (tertiary/aromatic N) is 5. The molecule has 2 aromatic heterocycles. The maximum atomic E-state index is 13.9. The third-order valence-electron chi connectivity index (χ3n) is 7.31. The van der Waals surface area contributed by atoms with Crippen molar-refractivity contribution in [3.8, 4) is 0 Å². The van der Waals surface area contributed by atoms with Crippen molar-refractivity contribution in [1.29, 1.82) is 0 Å². The van der Waals surface area contributed by atoms with Crippen LogP contribution in [-0.2, 0) is 11.8 Å². The van der Waals surface area contributed by atoms with E-state index in [1.54, 1.807) is 19.3 Å². The molecular formula is C27H30Cl2N6O2. The zero-order valence-electron chi connectivity index (χ0n) is 20.7. The van der Waals surface area contributed by atoms with Crippen molar-refractivity contribution in [1.82, 2.24) is 25.0 Å². The first-order chi connectivity index (χ1) is 17.9. The second-order valence-electron chi connectivity index (χ2n) is 9.70. The summed E-state index contributed by atoms with van der Waals surface area (Å²) in [7, 11) is 1.63. The Morgan fingerprint density at radius 2 is 1.78 bits per heavy atom. The Kier molecular flexibility index (Phi) is 7.79. The Hall–Kier alpha value is -2.94. The minimum absolute atomic E-state index is 0.107. The Morgan fingerprint density at radius 3 is 2.51 bits per heavy atom. The summed E-state index contributed by atoms with van der Waals surface area (Å²) in [5.41, 5.74) is 1.88. The molecule has 0 radical (unpaired) electrons. The average molecular weight is 541 g/mol. The van der Waals surface area contributed by atoms with E-state index in [4.69, 9.17) is 23.2 Å². The first-order valence-corrected chi connectivity index (χ1v) is 13.3. The molecule has 10 heteroatoms. The van der Waals surface area contributed by atoms with Gasteiger partial charge in [-0.25, -0.2) is 4.68 Å². The standard InChI is InChI=1S/C27H30Cl2N6O2/c1-33-26(36)11-10-25(32-33)35-16-21(24-9-8-20(29)15-31-24)22(17-35)27(37)34-13-2-3-23(30-12-14-34)18-4-6-19(28)7-5-18/h4-11,15,21-23,30H,2-3,12-14,16-17H2,1H3. The van der Waals surface area contributed by atoms with Crippen LogP contribution < -0.4 is 15.8 Å². The van der Waals surface area contributed by atoms with Gasteiger partial charge in [0.1, 0.15) is 5.82 Å². The summed E-state index contributed by atoms with van der Waals surface area (Å²) < 4.78 is 1.32. The largest absolute Gasteiger partial charge is 0.354 e. The maximum absolute atomic E-state index is 13.9. The summed E-state index contributed by atoms with van der Waals surface area (Å²) >= 11 is 12.1. The van der Waals surface area contributed by atoms with Gasteiger partial charge in [-0.1, -0.05) is 35.3 Å². The van der Waals surface area contributed by atoms with Gasteiger partial charge < -0.3 is 15.1 Å². The topological polar surface area (TPSA) is 83.4 Å². The molecule has 1 aromatic carbocycles. The van der Waals surface area contributed by atoms with Gasteiger partial charge in [0, 0.05) is 74.7 Å². The van der Waals surface area contributed by atoms with Crippen LogP contribution in [0, 0.1) is 5.92 Å². The normalized spacial score (nSPS) is 22.5. The average Bonchev–Trinajstić information content (AvgIpc) is 3.32. The number of nitrogens with one attached hydrogen (secondary N) is 1. The molecule has 2 saturated heterocycles. The molecule has 3 aromatic rings. The van der Waals surface area contributed by atoms with Crippen molar-refractivity contribution in [2.75, 3.05) is 37.6 Å². The fourth-order valence-corrected chi connectivity index (χ4v) is 5.55. The van der Waals surface area contributed by atoms with Gasteiger partial charge in [-0.2, -0.15) is 5.10 Å². The van der Waals surface area contributed by atoms with Crippen molar-refractivity contribution >= 4 is 34.9 Å². The molecule has 1 amide bonds. The number of rotatable bonds is 4. The van der Waals surface area contributed by atoms with Crippen molar-refractivity contribution < 1.29 is 4.79 Å². The summed E-state index contributed by atoms with van der Waals surface area (Å²) in [4.78, 5) is 34.4. The number of halogens is 2. The van der Waals surface area contributed by atoms with Crippen molar-refractivity contribution in [3.05, 3.63) is 86.4 Å². The number of anilines is 1. The molecule has 0 spiro atoms. The molecule has 1 N–H and O–H groups in total. The quantitative estimate of drug-likeness (QED) is 0.543. The van der Waals surface area contributed by atoms with Gasteiger partial charge in [0.15, 0.2) is 0 Å². The van der Waals surface area contributed by atoms with Crippen molar-refractivity contribution in [2.24, 2.45) is 13.0 Å². The van der Waals surface area contributed by atoms with E-state index in [0.29, 0.717) is 43.6 Å². The number of hydrogen-bond donors (Lipinski definition) is 1. The van der Waals surface area contributed by atoms with Gasteiger partial charge in [-0.15, -0.1) is 0 Å². The number of hydrogen-bond acceptors (Lipinski definition) is 6. The smallest absolute Gasteiger partial charge is 0.266 e. The third-order valence-corrected chi connectivity index (χ3v) is 7.79. The van der Waals surface area contributed by atoms with Crippen LogP contribution in [0.4, 0.5) is 5.82 Å². The van der Waals surface area contributed by atoms with Crippen LogP contribution in [-0.4, -0.2) is 58.3 Å². The zero-order chi connectivity index (χ0) is 25.9. The summed E-state index contributed by atoms with van der Waals surface area (Å²) in [6, 6.07) is 15.2. The van der Waals surface area contributed by atoms with E-state index >= 15 is 0 Å². The molecule has 3 unspecified atom stereocenters. The molecule has 2 aliphatic heterocycles. The summed E-state index contributed by atoms with van der Waals surface area (Å²) in [5.74, 6) is 0.417. The lowest BCUT2D eigenvalue weighted by Gasteiger charge is -2.32. The highest BCUT2D eigenvalue weighted by Gasteiger charge is 2.42. The fraction of sp³-hybridized carbons (Fsp3) is 0.407. The number of pyridine rings is 1. The van der Waals surface area contributed by atoms with E-state index in [-0.39, 0.29) is 29.3 Å². The second-order valence-corrected chi connectivity index (χ2v) is 10.6. The number of amides is 1. The highest BCUT2D eigenvalue weighted by Crippen LogP contribution is 2.35. The SMILES string of the molecule is Cn1nc(N2CC(C(=O)N3CCCC(c4ccc(Cl)cc4)NCC3)C(c3ccc(Cl)cn3)C2)ccc1=O. The van der Waals surface area contributed by atoms with E-state index < -0.39 is 0 Å². The minimum Gasteiger partial charge on any atom is -0.354 e. The van der Waals surface area contributed by atoms with E-state index in [0.717, 1.165) is 23.6 Å². The van der Waals surface area contributed by atoms with Crippen LogP contribution in [0.25, 0.3) is 0 Å². The minimum atomic E-state index is -0.279. The molecule has 8 nitrogen and oxygen atoms in total. The van der Waals surface area contributed by atoms with Crippen LogP contribution >= 0.6 is 23.2 Å². The fourth-order valence-electron chi connectivity index (χ4n) is 5.31. The van der Waals surface area contributed by atoms with Crippen LogP contribution in [0.2, 0.25) is 10.0 Å². The van der Waals surface area contributed by atoms with Gasteiger partial charge in [-0.3, -0.25) is 14.6 Å². The Labute approximate surface area is 226 Å². The molecule has 37 heavy (non-hydrogen) atoms. The molecule has 4 heterocycles. The Balaban J connectivity index is 1.32. The Morgan fingerprint density at radius 1 is 1.00 bits per heavy atom. The monoisotopic (exact) mass is 540 g/mol. The molecule has 2 fully saturated rings. The van der Waals surface area contributed by atoms with Crippen LogP contribution in [0.3, 0.4) is 0 Å². The molecule has 0 saturated carbocycles. The molecule has 3 atom stereocenters. The van der Waals surface area contributed by atoms with E-state index in [1.165, 1.54) is 16.3 Å². The summed E-state index contributed by atoms with van der Waals surface area (Å²) in [6.45, 7) is 3.15. The van der Waals surface area contributed by atoms with Crippen LogP contribution in [0.5, 0.6) is 0 Å². The number of carbonyl (C=O) groups is 1. The van der Waals surface area contributed by atoms with Crippen LogP contribution in [0.15, 0.2) is 59.5 Å². The zero-order valence-corrected chi connectivity index (χ0v) is 22.2. The lowest BCUT2D eigenvalue weighted by molar-refractivity contribution is -0.135. The highest BCUT2D eigenvalue weighted by atomic mass is 35.5. The van der Waals surface area contributed by atoms with E-state index in [1.807, 2.05) is 29.2 Å². The molecule has 0 aliphatic carbocycles. The third kappa shape index (κ3) is 5.81. The van der Waals surface area contributed by atoms with E-state index in [2.05, 4.69) is 32.4 Å². The summed E-state index contributed by atoms with van der Waals surface area (Å²) in [6.07, 6.45) is 3.46. The molecule has 2 aliphatic rings. The lowest BCUT2D eigenvalue weighted by atomic mass is 9.90. The van der Waals surface area contributed by atoms with Gasteiger partial charge >= 0.3 is 0 Å². The van der Waals surface area contributed by atoms with Gasteiger partial charge in [0.05, 0.1) is 10.9 Å². The maximum Gasteiger partial charge on any atom is 0.266 e. The van der Waals surface area contributed by atoms with Crippen molar-refractivity contribution in [3.63, 3.8) is 0 Å². The molecular weight excluding hydrogens is 511 g/mol. The lowest BCUT2D eigenvalue weighted by Crippen LogP contribution is -2.45. The van der Waals surface area contributed by atoms with Crippen LogP contribution in [0.1, 0.15) is 36.1 Å². The van der Waals surface area contributed by atoms with Gasteiger partial charge in [0.2, 0.25) is 5.91 Å². The first kappa shape index (κ1) is 25.7. The number of aromatic nitrogens is 3. The number of carbonyl (C=O) groups excluding carboxylic acids is 1. The van der Waals surface area contributed by atoms with Gasteiger partial charge in [0.25, 0.3) is 5.56 Å². The first-order valence-electron chi connectivity index (χ1n) is 12.6. The van der Waals surface area contributed by atoms with Crippen molar-refractivity contribution in [2.45, 2.75) is 24.8 Å². The predicted molar refractivity (Wildman–Crippen MR) is 145 cm³/mol. The highest BCUT2D eigenvalue weighted by molar-refractivity contribution is 6.30. The van der Waals surface area contributed by atoms with Gasteiger partial charge in [-0.05, 0) is 48.7 Å². The molecule has 194 valence electrons. The predicted octanol–water partition coefficient (Wildman–Crippen LogP) is 3.66. The summed E-state index contributed by atoms with van der Waals surface area (Å²) in [5, 5.41) is 9.32. The molecule has 5 rings (SSSR count). The molecule has 0 bridgehead atoms. The number of benzene rings is 1. The van der Waals surface area contributed by atoms with E-state index in [9.17, 15) is 9.59 Å². The Bertz CT molecular complexity index is 1290. The second kappa shape index (κ2) is 11.2.